The lowest BCUT2D eigenvalue weighted by Crippen LogP contribution is -2.26. The average Bonchev–Trinajstić information content (AvgIpc) is 2.81. The van der Waals surface area contributed by atoms with Gasteiger partial charge in [0.25, 0.3) is 0 Å². The van der Waals surface area contributed by atoms with Gasteiger partial charge in [0.2, 0.25) is 5.91 Å². The maximum atomic E-state index is 11.8. The number of thioether (sulfide) groups is 1. The van der Waals surface area contributed by atoms with Crippen molar-refractivity contribution < 1.29 is 14.7 Å². The van der Waals surface area contributed by atoms with Crippen LogP contribution in [0.25, 0.3) is 6.08 Å². The van der Waals surface area contributed by atoms with E-state index in [9.17, 15) is 9.59 Å². The summed E-state index contributed by atoms with van der Waals surface area (Å²) in [5.41, 5.74) is 1.02. The van der Waals surface area contributed by atoms with E-state index in [1.165, 1.54) is 11.3 Å². The van der Waals surface area contributed by atoms with E-state index < -0.39 is 5.97 Å². The van der Waals surface area contributed by atoms with Crippen LogP contribution in [-0.2, 0) is 16.1 Å². The molecule has 1 heterocycles. The molecule has 19 heavy (non-hydrogen) atoms. The Balaban J connectivity index is 2.53. The second kappa shape index (κ2) is 8.01. The van der Waals surface area contributed by atoms with Crippen LogP contribution in [0.4, 0.5) is 0 Å². The maximum Gasteiger partial charge on any atom is 0.328 e. The molecule has 0 bridgehead atoms. The molecule has 0 fully saturated rings. The predicted molar refractivity (Wildman–Crippen MR) is 80.5 cm³/mol. The summed E-state index contributed by atoms with van der Waals surface area (Å²) >= 11 is 3.13. The second-order valence-electron chi connectivity index (χ2n) is 4.02. The van der Waals surface area contributed by atoms with Crippen LogP contribution in [0, 0.1) is 0 Å². The van der Waals surface area contributed by atoms with Gasteiger partial charge in [-0.3, -0.25) is 4.79 Å². The summed E-state index contributed by atoms with van der Waals surface area (Å²) in [7, 11) is 1.78. The SMILES string of the molecule is CSCCC(=O)N(C)Cc1csc(C=CC(=O)O)c1. The molecule has 0 saturated heterocycles. The number of carbonyl (C=O) groups excluding carboxylic acids is 1. The third kappa shape index (κ3) is 5.94. The number of nitrogens with zero attached hydrogens (tertiary/aromatic N) is 1. The Kier molecular flexibility index (Phi) is 6.66. The molecule has 6 heteroatoms. The number of rotatable bonds is 7. The fourth-order valence-electron chi connectivity index (χ4n) is 1.46. The van der Waals surface area contributed by atoms with Crippen LogP contribution in [0.1, 0.15) is 16.9 Å². The summed E-state index contributed by atoms with van der Waals surface area (Å²) in [4.78, 5) is 24.7. The Labute approximate surface area is 121 Å². The average molecular weight is 299 g/mol. The number of thiophene rings is 1. The van der Waals surface area contributed by atoms with Crippen molar-refractivity contribution in [2.75, 3.05) is 19.1 Å². The first-order chi connectivity index (χ1) is 9.02. The standard InChI is InChI=1S/C13H17NO3S2/c1-14(12(15)5-6-18-2)8-10-7-11(19-9-10)3-4-13(16)17/h3-4,7,9H,5-6,8H2,1-2H3,(H,16,17). The van der Waals surface area contributed by atoms with Crippen LogP contribution in [0.15, 0.2) is 17.5 Å². The van der Waals surface area contributed by atoms with Crippen LogP contribution in [-0.4, -0.2) is 40.9 Å². The number of hydrogen-bond acceptors (Lipinski definition) is 4. The molecule has 0 aliphatic carbocycles. The first-order valence-corrected chi connectivity index (χ1v) is 8.01. The maximum absolute atomic E-state index is 11.8. The fraction of sp³-hybridized carbons (Fsp3) is 0.385. The van der Waals surface area contributed by atoms with E-state index in [4.69, 9.17) is 5.11 Å². The third-order valence-electron chi connectivity index (χ3n) is 2.43. The number of hydrogen-bond donors (Lipinski definition) is 1. The Morgan fingerprint density at radius 2 is 2.26 bits per heavy atom. The molecule has 1 N–H and O–H groups in total. The van der Waals surface area contributed by atoms with Crippen LogP contribution < -0.4 is 0 Å². The van der Waals surface area contributed by atoms with Crippen molar-refractivity contribution in [1.29, 1.82) is 0 Å². The third-order valence-corrected chi connectivity index (χ3v) is 3.99. The molecule has 0 radical (unpaired) electrons. The van der Waals surface area contributed by atoms with Gasteiger partial charge < -0.3 is 10.0 Å². The molecule has 0 spiro atoms. The molecular weight excluding hydrogens is 282 g/mol. The molecule has 0 aromatic carbocycles. The lowest BCUT2D eigenvalue weighted by molar-refractivity contribution is -0.131. The van der Waals surface area contributed by atoms with E-state index in [0.29, 0.717) is 13.0 Å². The number of carbonyl (C=O) groups is 2. The summed E-state index contributed by atoms with van der Waals surface area (Å²) in [5, 5.41) is 10.5. The van der Waals surface area contributed by atoms with Gasteiger partial charge >= 0.3 is 5.97 Å². The molecule has 0 atom stereocenters. The van der Waals surface area contributed by atoms with Crippen molar-refractivity contribution in [2.24, 2.45) is 0 Å². The Hall–Kier alpha value is -1.27. The van der Waals surface area contributed by atoms with Gasteiger partial charge in [0.05, 0.1) is 0 Å². The minimum Gasteiger partial charge on any atom is -0.478 e. The zero-order valence-corrected chi connectivity index (χ0v) is 12.6. The predicted octanol–water partition coefficient (Wildman–Crippen LogP) is 2.56. The minimum absolute atomic E-state index is 0.128. The van der Waals surface area contributed by atoms with Gasteiger partial charge in [-0.2, -0.15) is 11.8 Å². The summed E-state index contributed by atoms with van der Waals surface area (Å²) in [5.74, 6) is 0.00172. The van der Waals surface area contributed by atoms with Gasteiger partial charge in [0, 0.05) is 36.7 Å². The Morgan fingerprint density at radius 1 is 1.53 bits per heavy atom. The molecule has 1 aromatic heterocycles. The largest absolute Gasteiger partial charge is 0.478 e. The number of amides is 1. The first-order valence-electron chi connectivity index (χ1n) is 5.74. The molecule has 0 unspecified atom stereocenters. The van der Waals surface area contributed by atoms with E-state index in [-0.39, 0.29) is 5.91 Å². The lowest BCUT2D eigenvalue weighted by Gasteiger charge is -2.15. The van der Waals surface area contributed by atoms with E-state index in [0.717, 1.165) is 22.3 Å². The highest BCUT2D eigenvalue weighted by Gasteiger charge is 2.09. The number of carboxylic acid groups (broad SMARTS) is 1. The number of aliphatic carboxylic acids is 1. The van der Waals surface area contributed by atoms with Gasteiger partial charge in [0.15, 0.2) is 0 Å². The van der Waals surface area contributed by atoms with Crippen molar-refractivity contribution >= 4 is 41.1 Å². The van der Waals surface area contributed by atoms with E-state index in [2.05, 4.69) is 0 Å². The molecule has 4 nitrogen and oxygen atoms in total. The Morgan fingerprint density at radius 3 is 2.89 bits per heavy atom. The van der Waals surface area contributed by atoms with Crippen molar-refractivity contribution in [3.05, 3.63) is 28.0 Å². The van der Waals surface area contributed by atoms with Gasteiger partial charge in [-0.15, -0.1) is 11.3 Å². The van der Waals surface area contributed by atoms with E-state index in [1.54, 1.807) is 29.8 Å². The zero-order valence-electron chi connectivity index (χ0n) is 11.0. The molecule has 1 rings (SSSR count). The molecule has 1 aromatic rings. The van der Waals surface area contributed by atoms with Gasteiger partial charge in [-0.25, -0.2) is 4.79 Å². The van der Waals surface area contributed by atoms with Crippen LogP contribution in [0.5, 0.6) is 0 Å². The molecule has 0 saturated carbocycles. The second-order valence-corrected chi connectivity index (χ2v) is 5.95. The molecule has 0 aliphatic rings. The topological polar surface area (TPSA) is 57.6 Å². The molecule has 1 amide bonds. The normalized spacial score (nSPS) is 10.8. The van der Waals surface area contributed by atoms with Crippen LogP contribution in [0.3, 0.4) is 0 Å². The summed E-state index contributed by atoms with van der Waals surface area (Å²) in [6, 6.07) is 1.91. The zero-order chi connectivity index (χ0) is 14.3. The highest BCUT2D eigenvalue weighted by atomic mass is 32.2. The van der Waals surface area contributed by atoms with Crippen molar-refractivity contribution in [1.82, 2.24) is 4.90 Å². The van der Waals surface area contributed by atoms with E-state index >= 15 is 0 Å². The molecule has 0 aliphatic heterocycles. The highest BCUT2D eigenvalue weighted by molar-refractivity contribution is 7.98. The van der Waals surface area contributed by atoms with Crippen LogP contribution in [0.2, 0.25) is 0 Å². The molecule has 104 valence electrons. The van der Waals surface area contributed by atoms with Gasteiger partial charge in [-0.1, -0.05) is 0 Å². The Bertz CT molecular complexity index is 468. The monoisotopic (exact) mass is 299 g/mol. The quantitative estimate of drug-likeness (QED) is 0.786. The van der Waals surface area contributed by atoms with Crippen molar-refractivity contribution in [3.63, 3.8) is 0 Å². The van der Waals surface area contributed by atoms with Crippen molar-refractivity contribution in [2.45, 2.75) is 13.0 Å². The summed E-state index contributed by atoms with van der Waals surface area (Å²) in [6.45, 7) is 0.560. The minimum atomic E-state index is -0.959. The van der Waals surface area contributed by atoms with Gasteiger partial charge in [0.1, 0.15) is 0 Å². The lowest BCUT2D eigenvalue weighted by atomic mass is 10.2. The van der Waals surface area contributed by atoms with Gasteiger partial charge in [-0.05, 0) is 29.3 Å². The van der Waals surface area contributed by atoms with E-state index in [1.807, 2.05) is 17.7 Å². The van der Waals surface area contributed by atoms with Crippen LogP contribution >= 0.6 is 23.1 Å². The highest BCUT2D eigenvalue weighted by Crippen LogP contribution is 2.18. The summed E-state index contributed by atoms with van der Waals surface area (Å²) in [6.07, 6.45) is 5.20. The first kappa shape index (κ1) is 15.8. The number of carboxylic acids is 1. The summed E-state index contributed by atoms with van der Waals surface area (Å²) < 4.78 is 0. The molecular formula is C13H17NO3S2. The van der Waals surface area contributed by atoms with Crippen molar-refractivity contribution in [3.8, 4) is 0 Å². The smallest absolute Gasteiger partial charge is 0.328 e. The fourth-order valence-corrected chi connectivity index (χ4v) is 2.64.